The van der Waals surface area contributed by atoms with Crippen LogP contribution < -0.4 is 5.73 Å². The van der Waals surface area contributed by atoms with E-state index in [4.69, 9.17) is 10.5 Å². The molecular weight excluding hydrogens is 196 g/mol. The first-order valence-corrected chi connectivity index (χ1v) is 6.71. The van der Waals surface area contributed by atoms with Crippen LogP contribution in [0.15, 0.2) is 0 Å². The van der Waals surface area contributed by atoms with Crippen molar-refractivity contribution < 1.29 is 4.74 Å². The Kier molecular flexibility index (Phi) is 5.86. The summed E-state index contributed by atoms with van der Waals surface area (Å²) in [6, 6.07) is 1.07. The zero-order valence-corrected chi connectivity index (χ0v) is 10.1. The summed E-state index contributed by atoms with van der Waals surface area (Å²) in [5, 5.41) is 0. The maximum Gasteiger partial charge on any atom is 0.0619 e. The van der Waals surface area contributed by atoms with Crippen LogP contribution in [0.25, 0.3) is 0 Å². The van der Waals surface area contributed by atoms with Gasteiger partial charge in [0, 0.05) is 25.2 Å². The van der Waals surface area contributed by atoms with E-state index in [1.54, 1.807) is 0 Å². The van der Waals surface area contributed by atoms with Crippen molar-refractivity contribution in [3.63, 3.8) is 0 Å². The Labute approximate surface area is 91.4 Å². The average molecular weight is 218 g/mol. The fraction of sp³-hybridized carbons (Fsp3) is 1.00. The van der Waals surface area contributed by atoms with Crippen LogP contribution in [-0.4, -0.2) is 55.3 Å². The predicted molar refractivity (Wildman–Crippen MR) is 62.8 cm³/mol. The van der Waals surface area contributed by atoms with E-state index >= 15 is 0 Å². The van der Waals surface area contributed by atoms with Crippen molar-refractivity contribution in [2.75, 3.05) is 38.3 Å². The number of thioether (sulfide) groups is 1. The number of morpholine rings is 1. The van der Waals surface area contributed by atoms with Crippen molar-refractivity contribution in [3.05, 3.63) is 0 Å². The van der Waals surface area contributed by atoms with E-state index in [1.807, 2.05) is 11.8 Å². The quantitative estimate of drug-likeness (QED) is 0.740. The molecule has 0 aliphatic carbocycles. The molecule has 0 amide bonds. The molecule has 2 N–H and O–H groups in total. The van der Waals surface area contributed by atoms with Crippen molar-refractivity contribution in [1.29, 1.82) is 0 Å². The summed E-state index contributed by atoms with van der Waals surface area (Å²) in [5.41, 5.74) is 5.81. The molecule has 0 bridgehead atoms. The molecule has 1 aliphatic rings. The van der Waals surface area contributed by atoms with Gasteiger partial charge in [0.1, 0.15) is 0 Å². The summed E-state index contributed by atoms with van der Waals surface area (Å²) in [5.74, 6) is 1.20. The monoisotopic (exact) mass is 218 g/mol. The second kappa shape index (κ2) is 6.67. The molecule has 84 valence electrons. The third-order valence-electron chi connectivity index (χ3n) is 2.82. The van der Waals surface area contributed by atoms with Crippen LogP contribution in [0.4, 0.5) is 0 Å². The van der Waals surface area contributed by atoms with E-state index in [0.717, 1.165) is 26.3 Å². The lowest BCUT2D eigenvalue weighted by molar-refractivity contribution is -0.0206. The number of nitrogens with zero attached hydrogens (tertiary/aromatic N) is 1. The van der Waals surface area contributed by atoms with Gasteiger partial charge in [-0.3, -0.25) is 4.90 Å². The van der Waals surface area contributed by atoms with E-state index in [2.05, 4.69) is 18.1 Å². The van der Waals surface area contributed by atoms with Crippen LogP contribution in [0.2, 0.25) is 0 Å². The van der Waals surface area contributed by atoms with Crippen LogP contribution in [0.5, 0.6) is 0 Å². The van der Waals surface area contributed by atoms with Crippen LogP contribution in [0.3, 0.4) is 0 Å². The number of nitrogens with two attached hydrogens (primary N) is 1. The van der Waals surface area contributed by atoms with Crippen LogP contribution >= 0.6 is 11.8 Å². The van der Waals surface area contributed by atoms with Gasteiger partial charge in [0.25, 0.3) is 0 Å². The first-order chi connectivity index (χ1) is 6.79. The molecule has 0 aromatic rings. The minimum atomic E-state index is 0.527. The summed E-state index contributed by atoms with van der Waals surface area (Å²) in [6.07, 6.45) is 3.35. The molecule has 0 saturated carbocycles. The lowest BCUT2D eigenvalue weighted by Crippen LogP contribution is -2.52. The molecule has 0 aromatic heterocycles. The minimum absolute atomic E-state index is 0.527. The van der Waals surface area contributed by atoms with E-state index < -0.39 is 0 Å². The second-order valence-corrected chi connectivity index (χ2v) is 4.82. The third-order valence-corrected chi connectivity index (χ3v) is 3.46. The maximum absolute atomic E-state index is 5.81. The number of hydrogen-bond acceptors (Lipinski definition) is 4. The summed E-state index contributed by atoms with van der Waals surface area (Å²) in [4.78, 5) is 2.50. The SMILES string of the molecule is CSCCC(CN)N1CCOCC1C. The average Bonchev–Trinajstić information content (AvgIpc) is 2.21. The molecule has 1 saturated heterocycles. The van der Waals surface area contributed by atoms with Crippen molar-refractivity contribution in [1.82, 2.24) is 4.90 Å². The van der Waals surface area contributed by atoms with Gasteiger partial charge in [-0.2, -0.15) is 11.8 Å². The fourth-order valence-corrected chi connectivity index (χ4v) is 2.46. The van der Waals surface area contributed by atoms with Gasteiger partial charge in [-0.15, -0.1) is 0 Å². The topological polar surface area (TPSA) is 38.5 Å². The predicted octanol–water partition coefficient (Wildman–Crippen LogP) is 0.788. The second-order valence-electron chi connectivity index (χ2n) is 3.83. The summed E-state index contributed by atoms with van der Waals surface area (Å²) >= 11 is 1.90. The van der Waals surface area contributed by atoms with Crippen LogP contribution in [0.1, 0.15) is 13.3 Å². The maximum atomic E-state index is 5.81. The van der Waals surface area contributed by atoms with Gasteiger partial charge in [0.05, 0.1) is 13.2 Å². The Morgan fingerprint density at radius 3 is 3.00 bits per heavy atom. The number of rotatable bonds is 5. The first kappa shape index (κ1) is 12.3. The molecule has 14 heavy (non-hydrogen) atoms. The van der Waals surface area contributed by atoms with E-state index in [0.29, 0.717) is 12.1 Å². The molecule has 2 atom stereocenters. The Morgan fingerprint density at radius 2 is 2.43 bits per heavy atom. The summed E-state index contributed by atoms with van der Waals surface area (Å²) in [6.45, 7) is 5.75. The standard InChI is InChI=1S/C10H22N2OS/c1-9-8-13-5-4-12(9)10(7-11)3-6-14-2/h9-10H,3-8,11H2,1-2H3. The number of ether oxygens (including phenoxy) is 1. The van der Waals surface area contributed by atoms with Gasteiger partial charge in [0.2, 0.25) is 0 Å². The molecule has 0 radical (unpaired) electrons. The van der Waals surface area contributed by atoms with E-state index in [-0.39, 0.29) is 0 Å². The van der Waals surface area contributed by atoms with Gasteiger partial charge >= 0.3 is 0 Å². The largest absolute Gasteiger partial charge is 0.379 e. The molecule has 2 unspecified atom stereocenters. The number of hydrogen-bond donors (Lipinski definition) is 1. The van der Waals surface area contributed by atoms with Crippen LogP contribution in [-0.2, 0) is 4.74 Å². The Hall–Kier alpha value is 0.230. The van der Waals surface area contributed by atoms with Gasteiger partial charge in [0.15, 0.2) is 0 Å². The zero-order chi connectivity index (χ0) is 10.4. The highest BCUT2D eigenvalue weighted by Crippen LogP contribution is 2.14. The lowest BCUT2D eigenvalue weighted by Gasteiger charge is -2.39. The molecule has 1 heterocycles. The van der Waals surface area contributed by atoms with Crippen LogP contribution in [0, 0.1) is 0 Å². The van der Waals surface area contributed by atoms with Crippen molar-refractivity contribution in [3.8, 4) is 0 Å². The first-order valence-electron chi connectivity index (χ1n) is 5.32. The van der Waals surface area contributed by atoms with E-state index in [9.17, 15) is 0 Å². The van der Waals surface area contributed by atoms with Crippen molar-refractivity contribution in [2.24, 2.45) is 5.73 Å². The lowest BCUT2D eigenvalue weighted by atomic mass is 10.1. The smallest absolute Gasteiger partial charge is 0.0619 e. The molecule has 1 aliphatic heterocycles. The Bertz CT molecular complexity index is 157. The van der Waals surface area contributed by atoms with Crippen molar-refractivity contribution in [2.45, 2.75) is 25.4 Å². The highest BCUT2D eigenvalue weighted by Gasteiger charge is 2.24. The molecule has 4 heteroatoms. The Balaban J connectivity index is 2.40. The molecule has 0 aromatic carbocycles. The zero-order valence-electron chi connectivity index (χ0n) is 9.24. The molecule has 3 nitrogen and oxygen atoms in total. The molecule has 1 rings (SSSR count). The molecular formula is C10H22N2OS. The van der Waals surface area contributed by atoms with Gasteiger partial charge in [-0.25, -0.2) is 0 Å². The third kappa shape index (κ3) is 3.42. The molecule has 0 spiro atoms. The van der Waals surface area contributed by atoms with Crippen molar-refractivity contribution >= 4 is 11.8 Å². The summed E-state index contributed by atoms with van der Waals surface area (Å²) < 4.78 is 5.42. The van der Waals surface area contributed by atoms with Gasteiger partial charge in [-0.05, 0) is 25.4 Å². The molecule has 1 fully saturated rings. The van der Waals surface area contributed by atoms with Gasteiger partial charge in [-0.1, -0.05) is 0 Å². The normalized spacial score (nSPS) is 26.4. The Morgan fingerprint density at radius 1 is 1.64 bits per heavy atom. The minimum Gasteiger partial charge on any atom is -0.379 e. The fourth-order valence-electron chi connectivity index (χ4n) is 1.96. The van der Waals surface area contributed by atoms with Gasteiger partial charge < -0.3 is 10.5 Å². The highest BCUT2D eigenvalue weighted by atomic mass is 32.2. The highest BCUT2D eigenvalue weighted by molar-refractivity contribution is 7.98. The summed E-state index contributed by atoms with van der Waals surface area (Å²) in [7, 11) is 0. The van der Waals surface area contributed by atoms with E-state index in [1.165, 1.54) is 12.2 Å².